The minimum absolute atomic E-state index is 0.259. The molecule has 0 unspecified atom stereocenters. The van der Waals surface area contributed by atoms with Crippen LogP contribution in [0.2, 0.25) is 0 Å². The van der Waals surface area contributed by atoms with Crippen molar-refractivity contribution in [2.24, 2.45) is 0 Å². The van der Waals surface area contributed by atoms with Gasteiger partial charge in [0.05, 0.1) is 26.2 Å². The number of amides is 2. The lowest BCUT2D eigenvalue weighted by molar-refractivity contribution is 0.0848. The molecule has 2 N–H and O–H groups in total. The highest BCUT2D eigenvalue weighted by molar-refractivity contribution is 7.17. The number of hydrogen-bond acceptors (Lipinski definition) is 6. The fourth-order valence-corrected chi connectivity index (χ4v) is 4.81. The standard InChI is InChI=1S/C23H22N2O5S/c1-28-17-10-15(11-18(29-2)20(17)30-3)22(26)24-25-23(27)19-12-14-9-8-13-6-4-5-7-16(13)21(14)31-19/h4-7,10-12H,8-9H2,1-3H3,(H,24,26)(H,25,27). The van der Waals surface area contributed by atoms with Crippen LogP contribution < -0.4 is 25.1 Å². The molecular formula is C23H22N2O5S. The zero-order chi connectivity index (χ0) is 22.0. The maximum atomic E-state index is 12.7. The molecule has 0 bridgehead atoms. The van der Waals surface area contributed by atoms with Crippen LogP contribution in [0, 0.1) is 0 Å². The fraction of sp³-hybridized carbons (Fsp3) is 0.217. The fourth-order valence-electron chi connectivity index (χ4n) is 3.64. The Morgan fingerprint density at radius 3 is 2.16 bits per heavy atom. The summed E-state index contributed by atoms with van der Waals surface area (Å²) in [5.74, 6) is 0.220. The molecule has 0 saturated heterocycles. The average Bonchev–Trinajstić information content (AvgIpc) is 3.26. The van der Waals surface area contributed by atoms with Crippen molar-refractivity contribution in [3.63, 3.8) is 0 Å². The molecule has 8 heteroatoms. The first kappa shape index (κ1) is 20.7. The van der Waals surface area contributed by atoms with E-state index in [1.807, 2.05) is 18.2 Å². The lowest BCUT2D eigenvalue weighted by Gasteiger charge is -2.15. The third-order valence-corrected chi connectivity index (χ3v) is 6.38. The van der Waals surface area contributed by atoms with Gasteiger partial charge in [0.1, 0.15) is 0 Å². The predicted octanol–water partition coefficient (Wildman–Crippen LogP) is 3.61. The topological polar surface area (TPSA) is 85.9 Å². The van der Waals surface area contributed by atoms with Crippen molar-refractivity contribution in [3.05, 3.63) is 64.0 Å². The number of nitrogens with one attached hydrogen (secondary N) is 2. The zero-order valence-electron chi connectivity index (χ0n) is 17.4. The third kappa shape index (κ3) is 3.94. The predicted molar refractivity (Wildman–Crippen MR) is 118 cm³/mol. The average molecular weight is 439 g/mol. The van der Waals surface area contributed by atoms with Gasteiger partial charge >= 0.3 is 0 Å². The summed E-state index contributed by atoms with van der Waals surface area (Å²) in [5.41, 5.74) is 8.83. The largest absolute Gasteiger partial charge is 0.493 e. The molecule has 31 heavy (non-hydrogen) atoms. The normalized spacial score (nSPS) is 11.7. The van der Waals surface area contributed by atoms with Crippen LogP contribution in [0.1, 0.15) is 31.2 Å². The first-order valence-corrected chi connectivity index (χ1v) is 10.5. The number of benzene rings is 2. The maximum Gasteiger partial charge on any atom is 0.279 e. The van der Waals surface area contributed by atoms with Gasteiger partial charge in [0.25, 0.3) is 11.8 Å². The summed E-state index contributed by atoms with van der Waals surface area (Å²) in [4.78, 5) is 26.9. The van der Waals surface area contributed by atoms with Gasteiger partial charge in [0.2, 0.25) is 5.75 Å². The van der Waals surface area contributed by atoms with E-state index >= 15 is 0 Å². The van der Waals surface area contributed by atoms with Gasteiger partial charge in [-0.15, -0.1) is 11.3 Å². The van der Waals surface area contributed by atoms with Crippen molar-refractivity contribution in [2.75, 3.05) is 21.3 Å². The minimum atomic E-state index is -0.501. The highest BCUT2D eigenvalue weighted by Crippen LogP contribution is 2.40. The Balaban J connectivity index is 1.49. The number of thiophene rings is 1. The first-order chi connectivity index (χ1) is 15.0. The molecule has 0 radical (unpaired) electrons. The van der Waals surface area contributed by atoms with Crippen LogP contribution in [0.5, 0.6) is 17.2 Å². The highest BCUT2D eigenvalue weighted by Gasteiger charge is 2.22. The van der Waals surface area contributed by atoms with E-state index in [1.165, 1.54) is 55.9 Å². The van der Waals surface area contributed by atoms with E-state index in [-0.39, 0.29) is 11.5 Å². The van der Waals surface area contributed by atoms with E-state index in [1.54, 1.807) is 0 Å². The van der Waals surface area contributed by atoms with Crippen LogP contribution in [-0.2, 0) is 12.8 Å². The molecule has 0 spiro atoms. The second-order valence-electron chi connectivity index (χ2n) is 6.94. The molecule has 1 aliphatic carbocycles. The summed E-state index contributed by atoms with van der Waals surface area (Å²) >= 11 is 1.43. The van der Waals surface area contributed by atoms with Gasteiger partial charge in [0, 0.05) is 10.4 Å². The van der Waals surface area contributed by atoms with Crippen molar-refractivity contribution < 1.29 is 23.8 Å². The number of carbonyl (C=O) groups excluding carboxylic acids is 2. The number of carbonyl (C=O) groups is 2. The van der Waals surface area contributed by atoms with Gasteiger partial charge in [-0.25, -0.2) is 0 Å². The smallest absolute Gasteiger partial charge is 0.279 e. The Kier molecular flexibility index (Phi) is 5.81. The summed E-state index contributed by atoms with van der Waals surface area (Å²) in [5, 5.41) is 0. The van der Waals surface area contributed by atoms with E-state index in [9.17, 15) is 9.59 Å². The van der Waals surface area contributed by atoms with Crippen molar-refractivity contribution in [3.8, 4) is 27.7 Å². The van der Waals surface area contributed by atoms with Crippen LogP contribution in [-0.4, -0.2) is 33.1 Å². The minimum Gasteiger partial charge on any atom is -0.493 e. The number of hydrazine groups is 1. The molecule has 0 saturated carbocycles. The SMILES string of the molecule is COc1cc(C(=O)NNC(=O)c2cc3c(s2)-c2ccccc2CC3)cc(OC)c1OC. The van der Waals surface area contributed by atoms with Crippen molar-refractivity contribution in [1.82, 2.24) is 10.9 Å². The monoisotopic (exact) mass is 438 g/mol. The van der Waals surface area contributed by atoms with Crippen LogP contribution in [0.4, 0.5) is 0 Å². The molecule has 0 atom stereocenters. The van der Waals surface area contributed by atoms with Crippen LogP contribution in [0.15, 0.2) is 42.5 Å². The molecule has 1 aliphatic rings. The van der Waals surface area contributed by atoms with Crippen LogP contribution in [0.25, 0.3) is 10.4 Å². The van der Waals surface area contributed by atoms with E-state index in [0.29, 0.717) is 22.1 Å². The Labute approximate surface area is 183 Å². The molecule has 7 nitrogen and oxygen atoms in total. The summed E-state index contributed by atoms with van der Waals surface area (Å²) in [6, 6.07) is 13.2. The van der Waals surface area contributed by atoms with Crippen molar-refractivity contribution in [1.29, 1.82) is 0 Å². The molecule has 2 aromatic carbocycles. The molecule has 0 aliphatic heterocycles. The summed E-state index contributed by atoms with van der Waals surface area (Å²) in [6.45, 7) is 0. The van der Waals surface area contributed by atoms with Crippen molar-refractivity contribution in [2.45, 2.75) is 12.8 Å². The third-order valence-electron chi connectivity index (χ3n) is 5.17. The van der Waals surface area contributed by atoms with Crippen LogP contribution in [0.3, 0.4) is 0 Å². The summed E-state index contributed by atoms with van der Waals surface area (Å²) in [6.07, 6.45) is 1.85. The van der Waals surface area contributed by atoms with Gasteiger partial charge in [-0.1, -0.05) is 24.3 Å². The van der Waals surface area contributed by atoms with E-state index in [0.717, 1.165) is 23.3 Å². The number of hydrogen-bond donors (Lipinski definition) is 2. The molecule has 160 valence electrons. The second-order valence-corrected chi connectivity index (χ2v) is 8.00. The van der Waals surface area contributed by atoms with Crippen LogP contribution >= 0.6 is 11.3 Å². The highest BCUT2D eigenvalue weighted by atomic mass is 32.1. The van der Waals surface area contributed by atoms with Gasteiger partial charge in [-0.3, -0.25) is 20.4 Å². The lowest BCUT2D eigenvalue weighted by Crippen LogP contribution is -2.41. The Bertz CT molecular complexity index is 1130. The Morgan fingerprint density at radius 1 is 0.839 bits per heavy atom. The van der Waals surface area contributed by atoms with Gasteiger partial charge in [-0.05, 0) is 47.7 Å². The molecule has 3 aromatic rings. The van der Waals surface area contributed by atoms with E-state index in [2.05, 4.69) is 23.0 Å². The molecule has 1 heterocycles. The number of methoxy groups -OCH3 is 3. The number of fused-ring (bicyclic) bond motifs is 3. The zero-order valence-corrected chi connectivity index (χ0v) is 18.2. The molecule has 1 aromatic heterocycles. The maximum absolute atomic E-state index is 12.7. The van der Waals surface area contributed by atoms with Gasteiger partial charge in [-0.2, -0.15) is 0 Å². The van der Waals surface area contributed by atoms with E-state index in [4.69, 9.17) is 14.2 Å². The number of rotatable bonds is 5. The molecule has 4 rings (SSSR count). The Morgan fingerprint density at radius 2 is 1.48 bits per heavy atom. The molecular weight excluding hydrogens is 416 g/mol. The second kappa shape index (κ2) is 8.69. The molecule has 0 fully saturated rings. The Hall–Kier alpha value is -3.52. The van der Waals surface area contributed by atoms with E-state index < -0.39 is 5.91 Å². The first-order valence-electron chi connectivity index (χ1n) is 9.67. The number of aryl methyl sites for hydroxylation is 2. The van der Waals surface area contributed by atoms with Gasteiger partial charge in [0.15, 0.2) is 11.5 Å². The van der Waals surface area contributed by atoms with Gasteiger partial charge < -0.3 is 14.2 Å². The molecule has 2 amide bonds. The van der Waals surface area contributed by atoms with Crippen molar-refractivity contribution >= 4 is 23.2 Å². The lowest BCUT2D eigenvalue weighted by atomic mass is 9.91. The summed E-state index contributed by atoms with van der Waals surface area (Å²) < 4.78 is 15.8. The quantitative estimate of drug-likeness (QED) is 0.595. The summed E-state index contributed by atoms with van der Waals surface area (Å²) in [7, 11) is 4.42. The number of ether oxygens (including phenoxy) is 3.